The smallest absolute Gasteiger partial charge is 0.414 e. The molecule has 0 aromatic carbocycles. The summed E-state index contributed by atoms with van der Waals surface area (Å²) in [5, 5.41) is 15.9. The molecule has 2 heterocycles. The summed E-state index contributed by atoms with van der Waals surface area (Å²) < 4.78 is 9.03. The molecule has 0 aliphatic carbocycles. The Bertz CT molecular complexity index is 608. The van der Waals surface area contributed by atoms with Crippen molar-refractivity contribution in [1.29, 1.82) is 0 Å². The summed E-state index contributed by atoms with van der Waals surface area (Å²) >= 11 is 3.25. The van der Waals surface area contributed by atoms with Gasteiger partial charge >= 0.3 is 11.9 Å². The Kier molecular flexibility index (Phi) is 12.0. The van der Waals surface area contributed by atoms with Gasteiger partial charge in [-0.15, -0.1) is 11.8 Å². The summed E-state index contributed by atoms with van der Waals surface area (Å²) in [7, 11) is 2.18. The second kappa shape index (κ2) is 13.7. The SMILES string of the molecule is CCCCCCCCSc1nsnc1C1=CCCN(C)C1.O=C(O)C(=O)O. The highest BCUT2D eigenvalue weighted by atomic mass is 32.2. The molecule has 27 heavy (non-hydrogen) atoms. The predicted molar refractivity (Wildman–Crippen MR) is 109 cm³/mol. The molecule has 0 unspecified atom stereocenters. The third-order valence-electron chi connectivity index (χ3n) is 4.02. The number of aliphatic carboxylic acids is 2. The number of nitrogens with zero attached hydrogens (tertiary/aromatic N) is 3. The molecule has 7 nitrogen and oxygen atoms in total. The molecule has 9 heteroatoms. The number of aromatic nitrogens is 2. The second-order valence-corrected chi connectivity index (χ2v) is 8.01. The molecule has 1 aromatic heterocycles. The molecule has 2 N–H and O–H groups in total. The zero-order valence-electron chi connectivity index (χ0n) is 16.0. The van der Waals surface area contributed by atoms with Gasteiger partial charge in [0.05, 0.1) is 11.7 Å². The summed E-state index contributed by atoms with van der Waals surface area (Å²) in [5.74, 6) is -2.47. The monoisotopic (exact) mass is 415 g/mol. The van der Waals surface area contributed by atoms with E-state index in [4.69, 9.17) is 19.8 Å². The number of carbonyl (C=O) groups is 2. The molecule has 0 saturated carbocycles. The van der Waals surface area contributed by atoms with Gasteiger partial charge in [0.15, 0.2) is 0 Å². The summed E-state index contributed by atoms with van der Waals surface area (Å²) in [6.45, 7) is 4.43. The van der Waals surface area contributed by atoms with Crippen LogP contribution in [0.4, 0.5) is 0 Å². The van der Waals surface area contributed by atoms with Crippen molar-refractivity contribution in [3.63, 3.8) is 0 Å². The van der Waals surface area contributed by atoms with Crippen LogP contribution in [-0.4, -0.2) is 61.7 Å². The van der Waals surface area contributed by atoms with Crippen molar-refractivity contribution in [2.45, 2.75) is 56.9 Å². The zero-order chi connectivity index (χ0) is 20.1. The van der Waals surface area contributed by atoms with Gasteiger partial charge in [-0.3, -0.25) is 0 Å². The van der Waals surface area contributed by atoms with Gasteiger partial charge in [-0.2, -0.15) is 8.75 Å². The molecule has 0 atom stereocenters. The van der Waals surface area contributed by atoms with E-state index in [9.17, 15) is 0 Å². The molecular weight excluding hydrogens is 386 g/mol. The number of carboxylic acids is 2. The summed E-state index contributed by atoms with van der Waals surface area (Å²) in [6, 6.07) is 0. The fourth-order valence-electron chi connectivity index (χ4n) is 2.59. The van der Waals surface area contributed by atoms with E-state index < -0.39 is 11.9 Å². The quantitative estimate of drug-likeness (QED) is 0.356. The highest BCUT2D eigenvalue weighted by molar-refractivity contribution is 7.99. The first kappa shape index (κ1) is 23.6. The van der Waals surface area contributed by atoms with Gasteiger partial charge < -0.3 is 15.1 Å². The summed E-state index contributed by atoms with van der Waals surface area (Å²) in [4.78, 5) is 20.6. The lowest BCUT2D eigenvalue weighted by molar-refractivity contribution is -0.159. The lowest BCUT2D eigenvalue weighted by Gasteiger charge is -2.22. The first-order valence-corrected chi connectivity index (χ1v) is 11.0. The number of rotatable bonds is 9. The number of thioether (sulfide) groups is 1. The van der Waals surface area contributed by atoms with Gasteiger partial charge in [0.2, 0.25) is 0 Å². The van der Waals surface area contributed by atoms with Crippen LogP contribution < -0.4 is 0 Å². The van der Waals surface area contributed by atoms with E-state index in [2.05, 4.69) is 33.7 Å². The number of hydrogen-bond acceptors (Lipinski definition) is 7. The van der Waals surface area contributed by atoms with Gasteiger partial charge in [0.1, 0.15) is 10.7 Å². The minimum absolute atomic E-state index is 1.01. The first-order chi connectivity index (χ1) is 13.0. The second-order valence-electron chi connectivity index (χ2n) is 6.40. The van der Waals surface area contributed by atoms with Crippen LogP contribution >= 0.6 is 23.5 Å². The molecule has 0 saturated heterocycles. The number of unbranched alkanes of at least 4 members (excludes halogenated alkanes) is 5. The van der Waals surface area contributed by atoms with E-state index >= 15 is 0 Å². The summed E-state index contributed by atoms with van der Waals surface area (Å²) in [5.41, 5.74) is 2.51. The van der Waals surface area contributed by atoms with Crippen LogP contribution in [-0.2, 0) is 9.59 Å². The average molecular weight is 416 g/mol. The van der Waals surface area contributed by atoms with Crippen LogP contribution in [0, 0.1) is 0 Å². The third kappa shape index (κ3) is 9.88. The van der Waals surface area contributed by atoms with Gasteiger partial charge in [-0.05, 0) is 31.2 Å². The molecule has 2 rings (SSSR count). The van der Waals surface area contributed by atoms with E-state index in [1.807, 2.05) is 11.8 Å². The molecule has 0 spiro atoms. The van der Waals surface area contributed by atoms with Gasteiger partial charge in [0, 0.05) is 13.1 Å². The first-order valence-electron chi connectivity index (χ1n) is 9.25. The lowest BCUT2D eigenvalue weighted by atomic mass is 10.1. The Morgan fingerprint density at radius 3 is 2.44 bits per heavy atom. The largest absolute Gasteiger partial charge is 0.473 e. The van der Waals surface area contributed by atoms with Crippen LogP contribution in [0.5, 0.6) is 0 Å². The Labute approximate surface area is 169 Å². The number of likely N-dealkylation sites (N-methyl/N-ethyl adjacent to an activating group) is 1. The molecule has 1 aliphatic heterocycles. The molecule has 1 aliphatic rings. The Morgan fingerprint density at radius 2 is 1.81 bits per heavy atom. The van der Waals surface area contributed by atoms with Crippen molar-refractivity contribution >= 4 is 41.0 Å². The van der Waals surface area contributed by atoms with Gasteiger partial charge in [-0.1, -0.05) is 45.1 Å². The molecular formula is C18H29N3O4S2. The van der Waals surface area contributed by atoms with E-state index in [1.165, 1.54) is 61.6 Å². The van der Waals surface area contributed by atoms with E-state index in [0.717, 1.165) is 30.2 Å². The normalized spacial score (nSPS) is 14.2. The minimum atomic E-state index is -1.82. The van der Waals surface area contributed by atoms with E-state index in [1.54, 1.807) is 0 Å². The topological polar surface area (TPSA) is 104 Å². The average Bonchev–Trinajstić information content (AvgIpc) is 3.10. The van der Waals surface area contributed by atoms with Crippen LogP contribution in [0.25, 0.3) is 5.57 Å². The highest BCUT2D eigenvalue weighted by Crippen LogP contribution is 2.29. The van der Waals surface area contributed by atoms with Crippen molar-refractivity contribution in [3.8, 4) is 0 Å². The van der Waals surface area contributed by atoms with Crippen LogP contribution in [0.15, 0.2) is 11.1 Å². The maximum absolute atomic E-state index is 9.10. The third-order valence-corrected chi connectivity index (χ3v) is 5.72. The predicted octanol–water partition coefficient (Wildman–Crippen LogP) is 3.87. The fraction of sp³-hybridized carbons (Fsp3) is 0.667. The lowest BCUT2D eigenvalue weighted by Crippen LogP contribution is -2.25. The van der Waals surface area contributed by atoms with Crippen molar-refractivity contribution in [2.24, 2.45) is 0 Å². The zero-order valence-corrected chi connectivity index (χ0v) is 17.7. The van der Waals surface area contributed by atoms with E-state index in [-0.39, 0.29) is 0 Å². The minimum Gasteiger partial charge on any atom is -0.473 e. The molecule has 152 valence electrons. The van der Waals surface area contributed by atoms with E-state index in [0.29, 0.717) is 0 Å². The number of hydrogen-bond donors (Lipinski definition) is 2. The van der Waals surface area contributed by atoms with Crippen molar-refractivity contribution in [1.82, 2.24) is 13.6 Å². The van der Waals surface area contributed by atoms with Crippen molar-refractivity contribution in [3.05, 3.63) is 11.8 Å². The van der Waals surface area contributed by atoms with Gasteiger partial charge in [-0.25, -0.2) is 9.59 Å². The van der Waals surface area contributed by atoms with Crippen molar-refractivity contribution < 1.29 is 19.8 Å². The molecule has 0 bridgehead atoms. The van der Waals surface area contributed by atoms with Crippen molar-refractivity contribution in [2.75, 3.05) is 25.9 Å². The van der Waals surface area contributed by atoms with Crippen LogP contribution in [0.3, 0.4) is 0 Å². The number of carboxylic acid groups (broad SMARTS) is 2. The standard InChI is InChI=1S/C16H27N3S2.C2H2O4/c1-3-4-5-6-7-8-12-20-16-15(17-21-18-16)14-10-9-11-19(2)13-14;3-1(4)2(5)6/h10H,3-9,11-13H2,1-2H3;(H,3,4)(H,5,6). The Balaban J connectivity index is 0.000000527. The summed E-state index contributed by atoms with van der Waals surface area (Å²) in [6.07, 6.45) is 11.6. The Hall–Kier alpha value is -1.45. The fourth-order valence-corrected chi connectivity index (χ4v) is 4.30. The molecule has 0 amide bonds. The van der Waals surface area contributed by atoms with Gasteiger partial charge in [0.25, 0.3) is 0 Å². The Morgan fingerprint density at radius 1 is 1.15 bits per heavy atom. The van der Waals surface area contributed by atoms with Crippen LogP contribution in [0.1, 0.15) is 57.6 Å². The molecule has 1 aromatic rings. The maximum Gasteiger partial charge on any atom is 0.414 e. The molecule has 0 radical (unpaired) electrons. The maximum atomic E-state index is 9.10. The highest BCUT2D eigenvalue weighted by Gasteiger charge is 2.17. The molecule has 0 fully saturated rings. The van der Waals surface area contributed by atoms with Crippen LogP contribution in [0.2, 0.25) is 0 Å².